The summed E-state index contributed by atoms with van der Waals surface area (Å²) in [6, 6.07) is 15.5. The van der Waals surface area contributed by atoms with E-state index in [0.717, 1.165) is 42.4 Å². The van der Waals surface area contributed by atoms with E-state index in [-0.39, 0.29) is 54.3 Å². The maximum atomic E-state index is 16.0. The Balaban J connectivity index is 0.806. The van der Waals surface area contributed by atoms with Crippen LogP contribution in [0.3, 0.4) is 0 Å². The topological polar surface area (TPSA) is 154 Å². The van der Waals surface area contributed by atoms with Crippen molar-refractivity contribution >= 4 is 52.6 Å². The summed E-state index contributed by atoms with van der Waals surface area (Å²) in [4.78, 5) is 81.3. The average molecular weight is 860 g/mol. The molecule has 11 nitrogen and oxygen atoms in total. The van der Waals surface area contributed by atoms with Gasteiger partial charge in [0.05, 0.1) is 6.04 Å². The minimum absolute atomic E-state index is 0.0824. The second-order valence-electron chi connectivity index (χ2n) is 18.0. The van der Waals surface area contributed by atoms with Crippen molar-refractivity contribution in [1.29, 1.82) is 0 Å². The van der Waals surface area contributed by atoms with Crippen molar-refractivity contribution in [3.8, 4) is 11.8 Å². The number of carbonyl (C=O) groups is 6. The number of ketones is 1. The number of nitrogens with one attached hydrogen (secondary N) is 4. The van der Waals surface area contributed by atoms with E-state index in [9.17, 15) is 28.8 Å². The maximum Gasteiger partial charge on any atom is 0.255 e. The lowest BCUT2D eigenvalue weighted by atomic mass is 9.55. The summed E-state index contributed by atoms with van der Waals surface area (Å²) in [5, 5.41) is 12.9. The number of imide groups is 1. The number of piperidine rings is 1. The van der Waals surface area contributed by atoms with Gasteiger partial charge in [-0.2, -0.15) is 0 Å². The summed E-state index contributed by atoms with van der Waals surface area (Å²) in [5.74, 6) is 3.77. The molecule has 4 heterocycles. The Labute approximate surface area is 365 Å². The molecule has 13 heteroatoms. The molecular weight excluding hydrogens is 809 g/mol. The monoisotopic (exact) mass is 859 g/mol. The molecule has 4 atom stereocenters. The third kappa shape index (κ3) is 7.30. The van der Waals surface area contributed by atoms with Crippen molar-refractivity contribution in [2.75, 3.05) is 5.32 Å². The van der Waals surface area contributed by atoms with E-state index in [0.29, 0.717) is 86.0 Å². The molecule has 4 N–H and O–H groups in total. The van der Waals surface area contributed by atoms with Crippen molar-refractivity contribution in [1.82, 2.24) is 20.9 Å². The fourth-order valence-electron chi connectivity index (χ4n) is 11.6. The molecule has 9 rings (SSSR count). The molecule has 0 aromatic heterocycles. The predicted octanol–water partition coefficient (Wildman–Crippen LogP) is 6.74. The Morgan fingerprint density at radius 1 is 0.903 bits per heavy atom. The number of rotatable bonds is 9. The van der Waals surface area contributed by atoms with Gasteiger partial charge in [0.25, 0.3) is 5.91 Å². The van der Waals surface area contributed by atoms with Crippen LogP contribution in [0, 0.1) is 23.6 Å². The molecule has 4 fully saturated rings. The molecule has 3 aromatic rings. The first kappa shape index (κ1) is 41.9. The molecule has 322 valence electrons. The third-order valence-corrected chi connectivity index (χ3v) is 14.8. The maximum absolute atomic E-state index is 16.0. The molecule has 2 spiro atoms. The highest BCUT2D eigenvalue weighted by Crippen LogP contribution is 2.62. The predicted molar refractivity (Wildman–Crippen MR) is 230 cm³/mol. The lowest BCUT2D eigenvalue weighted by molar-refractivity contribution is -0.137. The van der Waals surface area contributed by atoms with Crippen molar-refractivity contribution in [2.45, 2.75) is 138 Å². The van der Waals surface area contributed by atoms with Crippen molar-refractivity contribution in [3.05, 3.63) is 99.3 Å². The van der Waals surface area contributed by atoms with Gasteiger partial charge in [-0.1, -0.05) is 73.0 Å². The summed E-state index contributed by atoms with van der Waals surface area (Å²) in [7, 11) is 0. The van der Waals surface area contributed by atoms with Crippen LogP contribution in [0.5, 0.6) is 0 Å². The number of carbonyl (C=O) groups excluding carboxylic acids is 6. The summed E-state index contributed by atoms with van der Waals surface area (Å²) in [5.41, 5.74) is 1.72. The Bertz CT molecular complexity index is 2410. The number of hydrogen-bond donors (Lipinski definition) is 4. The summed E-state index contributed by atoms with van der Waals surface area (Å²) >= 11 is 6.41. The van der Waals surface area contributed by atoms with Gasteiger partial charge in [-0.3, -0.25) is 39.4 Å². The van der Waals surface area contributed by atoms with Gasteiger partial charge in [-0.25, -0.2) is 4.39 Å². The van der Waals surface area contributed by atoms with E-state index in [1.54, 1.807) is 42.5 Å². The van der Waals surface area contributed by atoms with Gasteiger partial charge in [0.2, 0.25) is 23.6 Å². The largest absolute Gasteiger partial charge is 0.352 e. The van der Waals surface area contributed by atoms with E-state index < -0.39 is 40.7 Å². The zero-order valence-corrected chi connectivity index (χ0v) is 35.4. The molecule has 2 saturated heterocycles. The molecule has 2 aliphatic carbocycles. The van der Waals surface area contributed by atoms with E-state index in [1.165, 1.54) is 11.0 Å². The Hall–Kier alpha value is -5.38. The van der Waals surface area contributed by atoms with Crippen LogP contribution in [-0.2, 0) is 35.9 Å². The molecular formula is C49H51ClFN5O6. The molecule has 3 aromatic carbocycles. The van der Waals surface area contributed by atoms with E-state index in [4.69, 9.17) is 11.6 Å². The zero-order chi connectivity index (χ0) is 43.2. The highest BCUT2D eigenvalue weighted by Gasteiger charge is 2.72. The minimum Gasteiger partial charge on any atom is -0.352 e. The lowest BCUT2D eigenvalue weighted by Crippen LogP contribution is -2.60. The average Bonchev–Trinajstić information content (AvgIpc) is 3.86. The molecule has 2 saturated carbocycles. The quantitative estimate of drug-likeness (QED) is 0.106. The number of halogens is 2. The summed E-state index contributed by atoms with van der Waals surface area (Å²) < 4.78 is 16.0. The number of anilines is 1. The number of nitrogens with zero attached hydrogens (tertiary/aromatic N) is 1. The number of fused-ring (bicyclic) bond motifs is 4. The van der Waals surface area contributed by atoms with E-state index in [1.807, 2.05) is 12.1 Å². The van der Waals surface area contributed by atoms with E-state index in [2.05, 4.69) is 33.1 Å². The van der Waals surface area contributed by atoms with Gasteiger partial charge < -0.3 is 15.5 Å². The number of benzene rings is 3. The fourth-order valence-corrected chi connectivity index (χ4v) is 11.8. The molecule has 62 heavy (non-hydrogen) atoms. The molecule has 2 unspecified atom stereocenters. The molecule has 0 bridgehead atoms. The second-order valence-corrected chi connectivity index (χ2v) is 18.4. The highest BCUT2D eigenvalue weighted by molar-refractivity contribution is 6.31. The Morgan fingerprint density at radius 2 is 1.69 bits per heavy atom. The molecule has 0 radical (unpaired) electrons. The Morgan fingerprint density at radius 3 is 2.47 bits per heavy atom. The zero-order valence-electron chi connectivity index (χ0n) is 34.6. The molecule has 6 aliphatic rings. The normalized spacial score (nSPS) is 27.3. The first-order chi connectivity index (χ1) is 30.0. The first-order valence-corrected chi connectivity index (χ1v) is 22.6. The molecule has 5 amide bonds. The first-order valence-electron chi connectivity index (χ1n) is 22.2. The van der Waals surface area contributed by atoms with E-state index >= 15 is 4.39 Å². The van der Waals surface area contributed by atoms with Gasteiger partial charge in [0.15, 0.2) is 0 Å². The number of unbranched alkanes of at least 4 members (excludes halogenated alkanes) is 2. The highest BCUT2D eigenvalue weighted by atomic mass is 35.5. The van der Waals surface area contributed by atoms with Crippen LogP contribution in [0.2, 0.25) is 5.02 Å². The van der Waals surface area contributed by atoms with Crippen molar-refractivity contribution in [2.24, 2.45) is 5.92 Å². The summed E-state index contributed by atoms with van der Waals surface area (Å²) in [6.45, 7) is 0.266. The van der Waals surface area contributed by atoms with Crippen molar-refractivity contribution < 1.29 is 33.2 Å². The minimum atomic E-state index is -1.24. The van der Waals surface area contributed by atoms with Crippen LogP contribution >= 0.6 is 11.6 Å². The number of hydrogen-bond acceptors (Lipinski definition) is 7. The Kier molecular flexibility index (Phi) is 11.5. The van der Waals surface area contributed by atoms with Gasteiger partial charge in [0.1, 0.15) is 23.1 Å². The van der Waals surface area contributed by atoms with Gasteiger partial charge in [-0.05, 0) is 105 Å². The second kappa shape index (κ2) is 17.1. The fraction of sp³-hybridized carbons (Fsp3) is 0.469. The third-order valence-electron chi connectivity index (χ3n) is 14.5. The number of Topliss-reactive ketones (excluding diaryl/α,β-unsaturated/α-hetero) is 1. The van der Waals surface area contributed by atoms with Crippen LogP contribution in [0.4, 0.5) is 10.1 Å². The van der Waals surface area contributed by atoms with Crippen LogP contribution in [0.25, 0.3) is 0 Å². The summed E-state index contributed by atoms with van der Waals surface area (Å²) in [6.07, 6.45) is 9.72. The standard InChI is InChI=1S/C49H51ClFN5O6/c50-31-19-22-36-38(27-31)53-47(62)49(36)42(34-13-6-7-15-37(34)51)43(55-48(49)25-8-3-9-26-48)45(60)52-32-20-17-30(18-21-32)40(57)16-5-2-1-4-11-29-12-10-14-33-35(29)28-56(46(33)61)39-23-24-41(58)54-44(39)59/h6-7,10,12-15,19,22,27,30,32,39,42-43,55H,1-3,5,8-9,16-18,20-21,23-26,28H2,(H,52,60)(H,53,62)(H,54,58,59)/t30?,32?,39?,42-,43?,49+/m0/s1. The van der Waals surface area contributed by atoms with Crippen molar-refractivity contribution in [3.63, 3.8) is 0 Å². The van der Waals surface area contributed by atoms with Gasteiger partial charge in [-0.15, -0.1) is 0 Å². The van der Waals surface area contributed by atoms with Crippen LogP contribution in [0.15, 0.2) is 60.7 Å². The van der Waals surface area contributed by atoms with Crippen LogP contribution in [0.1, 0.15) is 135 Å². The smallest absolute Gasteiger partial charge is 0.255 e. The van der Waals surface area contributed by atoms with Crippen LogP contribution < -0.4 is 21.3 Å². The van der Waals surface area contributed by atoms with Gasteiger partial charge in [0, 0.05) is 71.1 Å². The SMILES string of the molecule is O=C1CCC(N2Cc3c(C#CCCCCC(=O)C4CCC(NC(=O)C5NC6(CCCCC6)[C@@]6(C(=O)Nc7cc(Cl)ccc76)[C@H]5c5ccccc5F)CC4)cccc3C2=O)C(=O)N1. The molecule has 4 aliphatic heterocycles. The number of amides is 5. The van der Waals surface area contributed by atoms with Crippen LogP contribution in [-0.4, -0.2) is 63.9 Å². The lowest BCUT2D eigenvalue weighted by Gasteiger charge is -2.47. The van der Waals surface area contributed by atoms with Gasteiger partial charge >= 0.3 is 0 Å².